The van der Waals surface area contributed by atoms with E-state index in [-0.39, 0.29) is 18.0 Å². The van der Waals surface area contributed by atoms with Gasteiger partial charge in [-0.15, -0.1) is 0 Å². The van der Waals surface area contributed by atoms with Gasteiger partial charge in [0.25, 0.3) is 5.56 Å². The van der Waals surface area contributed by atoms with E-state index in [9.17, 15) is 9.59 Å². The number of fused-ring (bicyclic) bond motifs is 1. The number of hydrogen-bond acceptors (Lipinski definition) is 4. The minimum atomic E-state index is -0.231. The Kier molecular flexibility index (Phi) is 4.08. The fourth-order valence-corrected chi connectivity index (χ4v) is 3.31. The maximum Gasteiger partial charge on any atom is 0.254 e. The lowest BCUT2D eigenvalue weighted by atomic mass is 10.2. The highest BCUT2D eigenvalue weighted by atomic mass is 16.2. The molecular weight excluding hydrogens is 328 g/mol. The fourth-order valence-electron chi connectivity index (χ4n) is 3.31. The summed E-state index contributed by atoms with van der Waals surface area (Å²) in [4.78, 5) is 35.7. The van der Waals surface area contributed by atoms with Crippen LogP contribution in [-0.4, -0.2) is 27.0 Å². The first-order chi connectivity index (χ1) is 12.6. The third-order valence-electron chi connectivity index (χ3n) is 4.56. The molecule has 0 saturated carbocycles. The van der Waals surface area contributed by atoms with Gasteiger partial charge in [-0.3, -0.25) is 19.1 Å². The molecule has 0 N–H and O–H groups in total. The number of aryl methyl sites for hydroxylation is 1. The summed E-state index contributed by atoms with van der Waals surface area (Å²) in [5, 5.41) is 0. The number of carbonyl (C=O) groups excluding carboxylic acids is 1. The van der Waals surface area contributed by atoms with Gasteiger partial charge in [0, 0.05) is 41.9 Å². The molecule has 6 nitrogen and oxygen atoms in total. The number of hydrogen-bond donors (Lipinski definition) is 0. The second-order valence-electron chi connectivity index (χ2n) is 6.31. The summed E-state index contributed by atoms with van der Waals surface area (Å²) in [6.07, 6.45) is 4.12. The van der Waals surface area contributed by atoms with Crippen molar-refractivity contribution in [2.24, 2.45) is 0 Å². The van der Waals surface area contributed by atoms with Crippen molar-refractivity contribution in [1.82, 2.24) is 14.5 Å². The second kappa shape index (κ2) is 6.55. The van der Waals surface area contributed by atoms with Crippen LogP contribution < -0.4 is 10.5 Å². The van der Waals surface area contributed by atoms with E-state index in [0.717, 1.165) is 23.2 Å². The molecule has 2 aromatic heterocycles. The summed E-state index contributed by atoms with van der Waals surface area (Å²) in [6, 6.07) is 12.9. The van der Waals surface area contributed by atoms with Crippen molar-refractivity contribution in [3.8, 4) is 11.4 Å². The zero-order valence-corrected chi connectivity index (χ0v) is 14.4. The molecule has 1 aromatic carbocycles. The molecule has 3 aromatic rings. The van der Waals surface area contributed by atoms with Crippen molar-refractivity contribution >= 4 is 11.6 Å². The Morgan fingerprint density at radius 1 is 1.15 bits per heavy atom. The average molecular weight is 346 g/mol. The Hall–Kier alpha value is -3.28. The van der Waals surface area contributed by atoms with Crippen LogP contribution in [-0.2, 0) is 17.8 Å². The minimum Gasteiger partial charge on any atom is -0.310 e. The normalized spacial score (nSPS) is 12.9. The van der Waals surface area contributed by atoms with Crippen molar-refractivity contribution in [2.45, 2.75) is 19.9 Å². The third kappa shape index (κ3) is 2.90. The Bertz CT molecular complexity index is 1030. The molecule has 0 fully saturated rings. The van der Waals surface area contributed by atoms with Crippen molar-refractivity contribution in [3.63, 3.8) is 0 Å². The van der Waals surface area contributed by atoms with Crippen LogP contribution in [0.4, 0.5) is 5.69 Å². The summed E-state index contributed by atoms with van der Waals surface area (Å²) in [6.45, 7) is 2.36. The smallest absolute Gasteiger partial charge is 0.254 e. The topological polar surface area (TPSA) is 68.1 Å². The first-order valence-corrected chi connectivity index (χ1v) is 8.50. The van der Waals surface area contributed by atoms with E-state index in [1.807, 2.05) is 24.3 Å². The highest BCUT2D eigenvalue weighted by Crippen LogP contribution is 2.27. The van der Waals surface area contributed by atoms with E-state index < -0.39 is 0 Å². The van der Waals surface area contributed by atoms with Crippen LogP contribution in [0.5, 0.6) is 0 Å². The average Bonchev–Trinajstić information content (AvgIpc) is 3.08. The molecule has 1 amide bonds. The van der Waals surface area contributed by atoms with Crippen LogP contribution in [0.15, 0.2) is 59.7 Å². The van der Waals surface area contributed by atoms with Gasteiger partial charge in [0.05, 0.1) is 0 Å². The van der Waals surface area contributed by atoms with E-state index in [1.165, 1.54) is 10.6 Å². The van der Waals surface area contributed by atoms with Crippen molar-refractivity contribution < 1.29 is 4.79 Å². The molecule has 0 bridgehead atoms. The molecule has 130 valence electrons. The van der Waals surface area contributed by atoms with E-state index in [4.69, 9.17) is 0 Å². The SMILES string of the molecule is Cc1cc(=O)n(CC(=O)N2CCc3ccccc32)c(-c2ccncc2)n1. The molecular formula is C20H18N4O2. The number of anilines is 1. The summed E-state index contributed by atoms with van der Waals surface area (Å²) >= 11 is 0. The van der Waals surface area contributed by atoms with E-state index in [2.05, 4.69) is 9.97 Å². The van der Waals surface area contributed by atoms with Crippen LogP contribution in [0, 0.1) is 6.92 Å². The van der Waals surface area contributed by atoms with Gasteiger partial charge in [-0.25, -0.2) is 4.98 Å². The summed E-state index contributed by atoms with van der Waals surface area (Å²) in [7, 11) is 0. The zero-order valence-electron chi connectivity index (χ0n) is 14.4. The molecule has 6 heteroatoms. The molecule has 0 spiro atoms. The van der Waals surface area contributed by atoms with Crippen molar-refractivity contribution in [1.29, 1.82) is 0 Å². The first-order valence-electron chi connectivity index (χ1n) is 8.50. The molecule has 0 saturated heterocycles. The molecule has 26 heavy (non-hydrogen) atoms. The predicted molar refractivity (Wildman–Crippen MR) is 99.0 cm³/mol. The highest BCUT2D eigenvalue weighted by molar-refractivity contribution is 5.95. The Morgan fingerprint density at radius 3 is 2.73 bits per heavy atom. The Morgan fingerprint density at radius 2 is 1.92 bits per heavy atom. The number of amides is 1. The highest BCUT2D eigenvalue weighted by Gasteiger charge is 2.25. The monoisotopic (exact) mass is 346 g/mol. The second-order valence-corrected chi connectivity index (χ2v) is 6.31. The van der Waals surface area contributed by atoms with Crippen molar-refractivity contribution in [2.75, 3.05) is 11.4 Å². The van der Waals surface area contributed by atoms with Gasteiger partial charge in [-0.1, -0.05) is 18.2 Å². The molecule has 0 unspecified atom stereocenters. The maximum absolute atomic E-state index is 12.9. The lowest BCUT2D eigenvalue weighted by Crippen LogP contribution is -2.36. The quantitative estimate of drug-likeness (QED) is 0.729. The maximum atomic E-state index is 12.9. The number of nitrogens with zero attached hydrogens (tertiary/aromatic N) is 4. The molecule has 1 aliphatic heterocycles. The van der Waals surface area contributed by atoms with Gasteiger partial charge < -0.3 is 4.90 Å². The van der Waals surface area contributed by atoms with E-state index >= 15 is 0 Å². The summed E-state index contributed by atoms with van der Waals surface area (Å²) < 4.78 is 1.44. The van der Waals surface area contributed by atoms with Crippen LogP contribution >= 0.6 is 0 Å². The minimum absolute atomic E-state index is 0.0435. The van der Waals surface area contributed by atoms with E-state index in [1.54, 1.807) is 36.4 Å². The zero-order chi connectivity index (χ0) is 18.1. The third-order valence-corrected chi connectivity index (χ3v) is 4.56. The summed E-state index contributed by atoms with van der Waals surface area (Å²) in [5.41, 5.74) is 3.23. The molecule has 0 aliphatic carbocycles. The first kappa shape index (κ1) is 16.2. The van der Waals surface area contributed by atoms with Gasteiger partial charge >= 0.3 is 0 Å². The Balaban J connectivity index is 1.71. The fraction of sp³-hybridized carbons (Fsp3) is 0.200. The number of rotatable bonds is 3. The number of pyridine rings is 1. The predicted octanol–water partition coefficient (Wildman–Crippen LogP) is 2.20. The standard InChI is InChI=1S/C20H18N4O2/c1-14-12-18(25)24(20(22-14)16-6-9-21-10-7-16)13-19(26)23-11-8-15-4-2-3-5-17(15)23/h2-7,9-10,12H,8,11,13H2,1H3. The molecule has 0 atom stereocenters. The van der Waals surface area contributed by atoms with Crippen LogP contribution in [0.2, 0.25) is 0 Å². The van der Waals surface area contributed by atoms with Crippen molar-refractivity contribution in [3.05, 3.63) is 76.5 Å². The summed E-state index contributed by atoms with van der Waals surface area (Å²) in [5.74, 6) is 0.372. The van der Waals surface area contributed by atoms with Gasteiger partial charge in [0.15, 0.2) is 0 Å². The van der Waals surface area contributed by atoms with E-state index in [0.29, 0.717) is 18.1 Å². The van der Waals surface area contributed by atoms with Gasteiger partial charge in [0.1, 0.15) is 12.4 Å². The molecule has 3 heterocycles. The molecule has 1 aliphatic rings. The number of aromatic nitrogens is 3. The van der Waals surface area contributed by atoms with Gasteiger partial charge in [-0.05, 0) is 37.1 Å². The van der Waals surface area contributed by atoms with Gasteiger partial charge in [-0.2, -0.15) is 0 Å². The molecule has 0 radical (unpaired) electrons. The lowest BCUT2D eigenvalue weighted by molar-refractivity contribution is -0.119. The lowest BCUT2D eigenvalue weighted by Gasteiger charge is -2.19. The molecule has 4 rings (SSSR count). The number of para-hydroxylation sites is 1. The number of carbonyl (C=O) groups is 1. The van der Waals surface area contributed by atoms with Crippen LogP contribution in [0.25, 0.3) is 11.4 Å². The largest absolute Gasteiger partial charge is 0.310 e. The van der Waals surface area contributed by atoms with Crippen LogP contribution in [0.1, 0.15) is 11.3 Å². The Labute approximate surface area is 150 Å². The van der Waals surface area contributed by atoms with Gasteiger partial charge in [0.2, 0.25) is 5.91 Å². The number of benzene rings is 1. The van der Waals surface area contributed by atoms with Crippen LogP contribution in [0.3, 0.4) is 0 Å².